The number of rotatable bonds is 4. The Labute approximate surface area is 179 Å². The van der Waals surface area contributed by atoms with E-state index in [-0.39, 0.29) is 28.4 Å². The fourth-order valence-electron chi connectivity index (χ4n) is 4.24. The van der Waals surface area contributed by atoms with Gasteiger partial charge in [0.05, 0.1) is 10.5 Å². The fourth-order valence-corrected chi connectivity index (χ4v) is 4.35. The highest BCUT2D eigenvalue weighted by Crippen LogP contribution is 2.40. The van der Waals surface area contributed by atoms with E-state index in [0.717, 1.165) is 42.1 Å². The number of phenols is 1. The van der Waals surface area contributed by atoms with Crippen molar-refractivity contribution >= 4 is 34.1 Å². The molecule has 2 aromatic carbocycles. The summed E-state index contributed by atoms with van der Waals surface area (Å²) in [6.07, 6.45) is 5.24. The molecule has 1 amide bonds. The Morgan fingerprint density at radius 1 is 1.13 bits per heavy atom. The zero-order valence-corrected chi connectivity index (χ0v) is 17.1. The minimum atomic E-state index is -0.260. The zero-order valence-electron chi connectivity index (χ0n) is 16.4. The van der Waals surface area contributed by atoms with Gasteiger partial charge in [0.1, 0.15) is 11.6 Å². The largest absolute Gasteiger partial charge is 0.506 e. The lowest BCUT2D eigenvalue weighted by Gasteiger charge is -2.30. The molecule has 154 valence electrons. The van der Waals surface area contributed by atoms with Crippen molar-refractivity contribution in [1.82, 2.24) is 4.98 Å². The second-order valence-electron chi connectivity index (χ2n) is 7.76. The zero-order chi connectivity index (χ0) is 21.3. The smallest absolute Gasteiger partial charge is 0.251 e. The number of aromatic hydroxyl groups is 1. The maximum atomic E-state index is 13.8. The Hall–Kier alpha value is -2.92. The molecule has 1 fully saturated rings. The number of hydrogen-bond donors (Lipinski definition) is 2. The van der Waals surface area contributed by atoms with Gasteiger partial charge in [-0.05, 0) is 79.5 Å². The molecule has 0 aliphatic heterocycles. The van der Waals surface area contributed by atoms with Crippen molar-refractivity contribution < 1.29 is 14.3 Å². The first kappa shape index (κ1) is 20.4. The standard InChI is InChI=1S/C24H22ClFN2O2/c1-14(24(30)28-18-7-8-21(25)23(29)13-18)15-2-4-16(5-3-15)19-10-11-27-22-9-6-17(26)12-20(19)22/h6-13,15-16,29H,1-5H2,(H,28,30). The number of anilines is 1. The molecule has 2 N–H and O–H groups in total. The van der Waals surface area contributed by atoms with Crippen molar-refractivity contribution in [2.45, 2.75) is 31.6 Å². The summed E-state index contributed by atoms with van der Waals surface area (Å²) in [5.74, 6) is -0.202. The van der Waals surface area contributed by atoms with E-state index in [4.69, 9.17) is 11.6 Å². The van der Waals surface area contributed by atoms with Crippen LogP contribution in [0.5, 0.6) is 5.75 Å². The first-order chi connectivity index (χ1) is 14.4. The van der Waals surface area contributed by atoms with Gasteiger partial charge in [-0.3, -0.25) is 9.78 Å². The van der Waals surface area contributed by atoms with Gasteiger partial charge in [-0.1, -0.05) is 18.2 Å². The lowest BCUT2D eigenvalue weighted by Crippen LogP contribution is -2.23. The monoisotopic (exact) mass is 424 g/mol. The molecule has 4 nitrogen and oxygen atoms in total. The van der Waals surface area contributed by atoms with E-state index in [9.17, 15) is 14.3 Å². The van der Waals surface area contributed by atoms with Crippen LogP contribution < -0.4 is 5.32 Å². The summed E-state index contributed by atoms with van der Waals surface area (Å²) in [4.78, 5) is 16.9. The van der Waals surface area contributed by atoms with Crippen LogP contribution in [0.25, 0.3) is 10.9 Å². The maximum Gasteiger partial charge on any atom is 0.251 e. The molecule has 0 saturated heterocycles. The number of phenolic OH excluding ortho intramolecular Hbond substituents is 1. The highest BCUT2D eigenvalue weighted by Gasteiger charge is 2.28. The Bertz CT molecular complexity index is 1120. The van der Waals surface area contributed by atoms with Crippen LogP contribution >= 0.6 is 11.6 Å². The van der Waals surface area contributed by atoms with E-state index in [0.29, 0.717) is 17.2 Å². The van der Waals surface area contributed by atoms with E-state index < -0.39 is 0 Å². The average molecular weight is 425 g/mol. The van der Waals surface area contributed by atoms with Crippen LogP contribution in [0.1, 0.15) is 37.2 Å². The third kappa shape index (κ3) is 4.17. The lowest BCUT2D eigenvalue weighted by molar-refractivity contribution is -0.113. The van der Waals surface area contributed by atoms with Crippen LogP contribution in [0.2, 0.25) is 5.02 Å². The fraction of sp³-hybridized carbons (Fsp3) is 0.250. The normalized spacial score (nSPS) is 18.9. The van der Waals surface area contributed by atoms with Gasteiger partial charge in [0.25, 0.3) is 5.91 Å². The van der Waals surface area contributed by atoms with Gasteiger partial charge in [0, 0.05) is 28.9 Å². The van der Waals surface area contributed by atoms with Crippen LogP contribution in [0.3, 0.4) is 0 Å². The predicted octanol–water partition coefficient (Wildman–Crippen LogP) is 6.20. The molecule has 0 bridgehead atoms. The van der Waals surface area contributed by atoms with Gasteiger partial charge in [0.15, 0.2) is 0 Å². The Balaban J connectivity index is 1.42. The summed E-state index contributed by atoms with van der Waals surface area (Å²) in [5.41, 5.74) is 2.92. The molecule has 3 aromatic rings. The van der Waals surface area contributed by atoms with Gasteiger partial charge in [-0.15, -0.1) is 0 Å². The molecular formula is C24H22ClFN2O2. The van der Waals surface area contributed by atoms with Crippen LogP contribution in [-0.2, 0) is 4.79 Å². The second kappa shape index (κ2) is 8.44. The minimum absolute atomic E-state index is 0.0819. The summed E-state index contributed by atoms with van der Waals surface area (Å²) in [7, 11) is 0. The van der Waals surface area contributed by atoms with Gasteiger partial charge in [-0.25, -0.2) is 4.39 Å². The Morgan fingerprint density at radius 3 is 2.63 bits per heavy atom. The van der Waals surface area contributed by atoms with Crippen LogP contribution in [0.4, 0.5) is 10.1 Å². The number of amides is 1. The predicted molar refractivity (Wildman–Crippen MR) is 117 cm³/mol. The van der Waals surface area contributed by atoms with E-state index in [2.05, 4.69) is 16.9 Å². The number of nitrogens with zero attached hydrogens (tertiary/aromatic N) is 1. The quantitative estimate of drug-likeness (QED) is 0.490. The van der Waals surface area contributed by atoms with E-state index in [1.165, 1.54) is 18.2 Å². The lowest BCUT2D eigenvalue weighted by atomic mass is 9.75. The molecule has 6 heteroatoms. The van der Waals surface area contributed by atoms with Crippen molar-refractivity contribution in [2.75, 3.05) is 5.32 Å². The average Bonchev–Trinajstić information content (AvgIpc) is 2.75. The summed E-state index contributed by atoms with van der Waals surface area (Å²) in [6, 6.07) is 11.2. The molecule has 1 aromatic heterocycles. The van der Waals surface area contributed by atoms with E-state index >= 15 is 0 Å². The van der Waals surface area contributed by atoms with Crippen molar-refractivity contribution in [3.8, 4) is 5.75 Å². The molecule has 1 aliphatic carbocycles. The molecule has 1 aliphatic rings. The third-order valence-corrected chi connectivity index (χ3v) is 6.21. The second-order valence-corrected chi connectivity index (χ2v) is 8.16. The van der Waals surface area contributed by atoms with Crippen LogP contribution in [-0.4, -0.2) is 16.0 Å². The number of carbonyl (C=O) groups excluding carboxylic acids is 1. The van der Waals surface area contributed by atoms with Gasteiger partial charge < -0.3 is 10.4 Å². The molecule has 1 saturated carbocycles. The van der Waals surface area contributed by atoms with Gasteiger partial charge >= 0.3 is 0 Å². The van der Waals surface area contributed by atoms with Crippen molar-refractivity contribution in [3.63, 3.8) is 0 Å². The first-order valence-electron chi connectivity index (χ1n) is 9.95. The number of nitrogens with one attached hydrogen (secondary N) is 1. The van der Waals surface area contributed by atoms with Crippen molar-refractivity contribution in [3.05, 3.63) is 77.2 Å². The maximum absolute atomic E-state index is 13.8. The van der Waals surface area contributed by atoms with Gasteiger partial charge in [0.2, 0.25) is 0 Å². The summed E-state index contributed by atoms with van der Waals surface area (Å²) in [6.45, 7) is 4.01. The first-order valence-corrected chi connectivity index (χ1v) is 10.3. The molecule has 1 heterocycles. The highest BCUT2D eigenvalue weighted by atomic mass is 35.5. The molecular weight excluding hydrogens is 403 g/mol. The third-order valence-electron chi connectivity index (χ3n) is 5.89. The summed E-state index contributed by atoms with van der Waals surface area (Å²) >= 11 is 5.81. The molecule has 0 spiro atoms. The number of fused-ring (bicyclic) bond motifs is 1. The molecule has 0 atom stereocenters. The molecule has 0 radical (unpaired) electrons. The number of hydrogen-bond acceptors (Lipinski definition) is 3. The molecule has 0 unspecified atom stereocenters. The van der Waals surface area contributed by atoms with E-state index in [1.54, 1.807) is 24.4 Å². The number of benzene rings is 2. The number of halogens is 2. The Kier molecular flexibility index (Phi) is 5.73. The minimum Gasteiger partial charge on any atom is -0.506 e. The summed E-state index contributed by atoms with van der Waals surface area (Å²) < 4.78 is 13.8. The SMILES string of the molecule is C=C(C(=O)Nc1ccc(Cl)c(O)c1)C1CCC(c2ccnc3ccc(F)cc23)CC1. The Morgan fingerprint density at radius 2 is 1.90 bits per heavy atom. The highest BCUT2D eigenvalue weighted by molar-refractivity contribution is 6.32. The molecule has 4 rings (SSSR count). The summed E-state index contributed by atoms with van der Waals surface area (Å²) in [5, 5.41) is 13.6. The van der Waals surface area contributed by atoms with Crippen LogP contribution in [0.15, 0.2) is 60.8 Å². The topological polar surface area (TPSA) is 62.2 Å². The van der Waals surface area contributed by atoms with E-state index in [1.807, 2.05) is 6.07 Å². The van der Waals surface area contributed by atoms with Crippen molar-refractivity contribution in [2.24, 2.45) is 5.92 Å². The molecule has 30 heavy (non-hydrogen) atoms. The van der Waals surface area contributed by atoms with Gasteiger partial charge in [-0.2, -0.15) is 0 Å². The number of carbonyl (C=O) groups is 1. The number of aromatic nitrogens is 1. The van der Waals surface area contributed by atoms with Crippen molar-refractivity contribution in [1.29, 1.82) is 0 Å². The van der Waals surface area contributed by atoms with Crippen LogP contribution in [0, 0.1) is 11.7 Å². The number of pyridine rings is 1.